The van der Waals surface area contributed by atoms with Crippen molar-refractivity contribution in [1.82, 2.24) is 5.32 Å². The highest BCUT2D eigenvalue weighted by molar-refractivity contribution is 9.10. The molecule has 150 valence electrons. The molecule has 3 aromatic carbocycles. The minimum atomic E-state index is -0.339. The average Bonchev–Trinajstić information content (AvgIpc) is 2.76. The van der Waals surface area contributed by atoms with Gasteiger partial charge in [0.25, 0.3) is 11.8 Å². The molecule has 0 bridgehead atoms. The normalized spacial score (nSPS) is 12.4. The van der Waals surface area contributed by atoms with Crippen LogP contribution in [-0.2, 0) is 11.3 Å². The molecule has 0 radical (unpaired) electrons. The highest BCUT2D eigenvalue weighted by Crippen LogP contribution is 2.29. The lowest BCUT2D eigenvalue weighted by molar-refractivity contribution is -0.118. The van der Waals surface area contributed by atoms with E-state index >= 15 is 0 Å². The Kier molecular flexibility index (Phi) is 5.63. The van der Waals surface area contributed by atoms with Crippen LogP contribution in [0.5, 0.6) is 5.75 Å². The molecule has 30 heavy (non-hydrogen) atoms. The van der Waals surface area contributed by atoms with Crippen LogP contribution in [0.3, 0.4) is 0 Å². The van der Waals surface area contributed by atoms with Gasteiger partial charge in [0.1, 0.15) is 5.75 Å². The highest BCUT2D eigenvalue weighted by atomic mass is 79.9. The van der Waals surface area contributed by atoms with Gasteiger partial charge in [-0.15, -0.1) is 0 Å². The van der Waals surface area contributed by atoms with E-state index in [2.05, 4.69) is 26.6 Å². The van der Waals surface area contributed by atoms with E-state index in [1.165, 1.54) is 0 Å². The van der Waals surface area contributed by atoms with Gasteiger partial charge >= 0.3 is 0 Å². The van der Waals surface area contributed by atoms with Crippen molar-refractivity contribution in [1.29, 1.82) is 0 Å². The van der Waals surface area contributed by atoms with E-state index in [0.717, 1.165) is 10.0 Å². The zero-order chi connectivity index (χ0) is 21.1. The molecule has 0 saturated carbocycles. The quantitative estimate of drug-likeness (QED) is 0.560. The predicted molar refractivity (Wildman–Crippen MR) is 116 cm³/mol. The fraction of sp³-hybridized carbons (Fsp3) is 0.0870. The monoisotopic (exact) mass is 464 g/mol. The Hall–Kier alpha value is -3.45. The molecule has 0 aliphatic carbocycles. The number of amides is 2. The molecule has 0 aromatic heterocycles. The fourth-order valence-corrected chi connectivity index (χ4v) is 3.63. The Morgan fingerprint density at radius 2 is 1.80 bits per heavy atom. The number of hydrogen-bond donors (Lipinski definition) is 2. The summed E-state index contributed by atoms with van der Waals surface area (Å²) in [5.41, 5.74) is 2.30. The molecule has 2 amide bonds. The number of fused-ring (bicyclic) bond motifs is 1. The second-order valence-electron chi connectivity index (χ2n) is 6.74. The lowest BCUT2D eigenvalue weighted by atomic mass is 9.97. The minimum absolute atomic E-state index is 0.0543. The van der Waals surface area contributed by atoms with E-state index in [4.69, 9.17) is 4.74 Å². The summed E-state index contributed by atoms with van der Waals surface area (Å²) >= 11 is 3.41. The van der Waals surface area contributed by atoms with Gasteiger partial charge in [-0.2, -0.15) is 0 Å². The number of benzene rings is 3. The predicted octanol–water partition coefficient (Wildman–Crippen LogP) is 3.94. The molecule has 0 atom stereocenters. The summed E-state index contributed by atoms with van der Waals surface area (Å²) in [5.74, 6) is -0.426. The van der Waals surface area contributed by atoms with Crippen LogP contribution in [0.15, 0.2) is 71.2 Å². The molecule has 1 aliphatic heterocycles. The molecule has 4 rings (SSSR count). The van der Waals surface area contributed by atoms with Crippen LogP contribution < -0.4 is 15.4 Å². The summed E-state index contributed by atoms with van der Waals surface area (Å²) in [6, 6.07) is 19.1. The Balaban J connectivity index is 1.57. The van der Waals surface area contributed by atoms with Crippen LogP contribution in [0.2, 0.25) is 0 Å². The summed E-state index contributed by atoms with van der Waals surface area (Å²) in [5, 5.41) is 5.54. The Morgan fingerprint density at radius 1 is 1.00 bits per heavy atom. The van der Waals surface area contributed by atoms with Crippen molar-refractivity contribution >= 4 is 39.2 Å². The molecule has 7 heteroatoms. The second-order valence-corrected chi connectivity index (χ2v) is 7.65. The standard InChI is InChI=1S/C23H17BrN2O4/c24-16-5-3-4-14(10-16)12-25-23(29)18-7-2-1-6-17(18)22(28)15-8-9-20-19(11-15)26-21(27)13-30-20/h1-11H,12-13H2,(H,25,29)(H,26,27). The van der Waals surface area contributed by atoms with Gasteiger partial charge in [0.2, 0.25) is 0 Å². The lowest BCUT2D eigenvalue weighted by Gasteiger charge is -2.18. The van der Waals surface area contributed by atoms with Gasteiger partial charge in [-0.25, -0.2) is 0 Å². The third-order valence-electron chi connectivity index (χ3n) is 4.63. The molecule has 0 saturated heterocycles. The highest BCUT2D eigenvalue weighted by Gasteiger charge is 2.21. The summed E-state index contributed by atoms with van der Waals surface area (Å²) in [6.45, 7) is 0.282. The van der Waals surface area contributed by atoms with Crippen LogP contribution in [0.1, 0.15) is 31.8 Å². The van der Waals surface area contributed by atoms with Crippen molar-refractivity contribution in [2.75, 3.05) is 11.9 Å². The Morgan fingerprint density at radius 3 is 2.60 bits per heavy atom. The maximum atomic E-state index is 13.1. The number of anilines is 1. The Bertz CT molecular complexity index is 1160. The molecular weight excluding hydrogens is 448 g/mol. The van der Waals surface area contributed by atoms with Crippen molar-refractivity contribution in [3.63, 3.8) is 0 Å². The topological polar surface area (TPSA) is 84.5 Å². The maximum Gasteiger partial charge on any atom is 0.262 e. The fourth-order valence-electron chi connectivity index (χ4n) is 3.18. The zero-order valence-electron chi connectivity index (χ0n) is 15.8. The maximum absolute atomic E-state index is 13.1. The van der Waals surface area contributed by atoms with Crippen molar-refractivity contribution < 1.29 is 19.1 Å². The first kappa shape index (κ1) is 19.8. The van der Waals surface area contributed by atoms with E-state index in [1.807, 2.05) is 24.3 Å². The number of ketones is 1. The van der Waals surface area contributed by atoms with Crippen LogP contribution in [0, 0.1) is 0 Å². The van der Waals surface area contributed by atoms with Crippen molar-refractivity contribution in [3.05, 3.63) is 93.5 Å². The summed E-state index contributed by atoms with van der Waals surface area (Å²) < 4.78 is 6.25. The molecule has 3 aromatic rings. The first-order valence-electron chi connectivity index (χ1n) is 9.24. The molecule has 6 nitrogen and oxygen atoms in total. The van der Waals surface area contributed by atoms with Gasteiger partial charge in [-0.1, -0.05) is 46.3 Å². The molecule has 1 heterocycles. The molecule has 1 aliphatic rings. The first-order valence-corrected chi connectivity index (χ1v) is 10.0. The number of rotatable bonds is 5. The van der Waals surface area contributed by atoms with Crippen LogP contribution in [0.4, 0.5) is 5.69 Å². The van der Waals surface area contributed by atoms with Crippen LogP contribution >= 0.6 is 15.9 Å². The average molecular weight is 465 g/mol. The summed E-state index contributed by atoms with van der Waals surface area (Å²) in [4.78, 5) is 37.5. The number of halogens is 1. The number of ether oxygens (including phenoxy) is 1. The Labute approximate surface area is 181 Å². The van der Waals surface area contributed by atoms with Gasteiger partial charge in [-0.05, 0) is 42.0 Å². The zero-order valence-corrected chi connectivity index (χ0v) is 17.4. The smallest absolute Gasteiger partial charge is 0.262 e. The largest absolute Gasteiger partial charge is 0.482 e. The number of carbonyl (C=O) groups excluding carboxylic acids is 3. The van der Waals surface area contributed by atoms with Crippen LogP contribution in [-0.4, -0.2) is 24.2 Å². The number of nitrogens with one attached hydrogen (secondary N) is 2. The van der Waals surface area contributed by atoms with Gasteiger partial charge < -0.3 is 15.4 Å². The molecule has 2 N–H and O–H groups in total. The van der Waals surface area contributed by atoms with E-state index < -0.39 is 0 Å². The SMILES string of the molecule is O=C1COc2ccc(C(=O)c3ccccc3C(=O)NCc3cccc(Br)c3)cc2N1. The van der Waals surface area contributed by atoms with E-state index in [1.54, 1.807) is 42.5 Å². The van der Waals surface area contributed by atoms with Gasteiger partial charge in [-0.3, -0.25) is 14.4 Å². The van der Waals surface area contributed by atoms with E-state index in [-0.39, 0.29) is 35.3 Å². The number of hydrogen-bond acceptors (Lipinski definition) is 4. The van der Waals surface area contributed by atoms with Gasteiger partial charge in [0, 0.05) is 22.1 Å². The van der Waals surface area contributed by atoms with E-state index in [0.29, 0.717) is 23.5 Å². The molecule has 0 unspecified atom stereocenters. The number of carbonyl (C=O) groups is 3. The van der Waals surface area contributed by atoms with Crippen molar-refractivity contribution in [2.24, 2.45) is 0 Å². The van der Waals surface area contributed by atoms with Crippen LogP contribution in [0.25, 0.3) is 0 Å². The summed E-state index contributed by atoms with van der Waals surface area (Å²) in [7, 11) is 0. The lowest BCUT2D eigenvalue weighted by Crippen LogP contribution is -2.26. The van der Waals surface area contributed by atoms with Crippen molar-refractivity contribution in [2.45, 2.75) is 6.54 Å². The van der Waals surface area contributed by atoms with E-state index in [9.17, 15) is 14.4 Å². The third kappa shape index (κ3) is 4.26. The first-order chi connectivity index (χ1) is 14.5. The third-order valence-corrected chi connectivity index (χ3v) is 5.13. The second kappa shape index (κ2) is 8.51. The molecule has 0 fully saturated rings. The minimum Gasteiger partial charge on any atom is -0.482 e. The molecule has 0 spiro atoms. The van der Waals surface area contributed by atoms with Gasteiger partial charge in [0.15, 0.2) is 12.4 Å². The van der Waals surface area contributed by atoms with Gasteiger partial charge in [0.05, 0.1) is 11.3 Å². The van der Waals surface area contributed by atoms with Crippen molar-refractivity contribution in [3.8, 4) is 5.75 Å². The molecular formula is C23H17BrN2O4. The summed E-state index contributed by atoms with van der Waals surface area (Å²) in [6.07, 6.45) is 0.